The van der Waals surface area contributed by atoms with Crippen LogP contribution in [0, 0.1) is 12.7 Å². The lowest BCUT2D eigenvalue weighted by molar-refractivity contribution is -0.0541. The zero-order chi connectivity index (χ0) is 28.4. The Morgan fingerprint density at radius 3 is 2.48 bits per heavy atom. The Hall–Kier alpha value is -4.15. The molecule has 3 aromatic heterocycles. The first-order valence-corrected chi connectivity index (χ1v) is 13.6. The first kappa shape index (κ1) is 26.1. The van der Waals surface area contributed by atoms with Crippen molar-refractivity contribution in [2.75, 3.05) is 29.9 Å². The molecule has 2 aliphatic rings. The van der Waals surface area contributed by atoms with Gasteiger partial charge in [-0.1, -0.05) is 0 Å². The summed E-state index contributed by atoms with van der Waals surface area (Å²) in [7, 11) is 1.83. The Labute approximate surface area is 231 Å². The van der Waals surface area contributed by atoms with E-state index in [4.69, 9.17) is 4.74 Å². The molecule has 1 aromatic carbocycles. The standard InChI is InChI=1S/C29H34FN7O3/c1-18-15-36-16-19(14-22(30)25(36)31-18)32-26(38)20-6-7-23(21-17-34(5)33-24(20)21)35-11-8-29(9-12-35)10-13-37(29)27(39)40-28(2,3)4/h6-7,14-17H,8-13H2,1-5H3,(H,32,38). The van der Waals surface area contributed by atoms with Gasteiger partial charge in [-0.25, -0.2) is 14.2 Å². The second-order valence-electron chi connectivity index (χ2n) is 11.9. The molecule has 5 heterocycles. The Bertz CT molecular complexity index is 1640. The number of fused-ring (bicyclic) bond motifs is 2. The van der Waals surface area contributed by atoms with Crippen LogP contribution < -0.4 is 10.2 Å². The second-order valence-corrected chi connectivity index (χ2v) is 11.9. The van der Waals surface area contributed by atoms with Crippen molar-refractivity contribution < 1.29 is 18.7 Å². The van der Waals surface area contributed by atoms with E-state index >= 15 is 0 Å². The highest BCUT2D eigenvalue weighted by Crippen LogP contribution is 2.42. The number of aryl methyl sites for hydroxylation is 2. The molecule has 0 radical (unpaired) electrons. The Balaban J connectivity index is 1.21. The first-order valence-electron chi connectivity index (χ1n) is 13.6. The third-order valence-electron chi connectivity index (χ3n) is 7.92. The van der Waals surface area contributed by atoms with Crippen LogP contribution in [0.3, 0.4) is 0 Å². The fourth-order valence-electron chi connectivity index (χ4n) is 5.94. The van der Waals surface area contributed by atoms with E-state index in [9.17, 15) is 14.0 Å². The molecule has 2 amide bonds. The zero-order valence-electron chi connectivity index (χ0n) is 23.5. The van der Waals surface area contributed by atoms with Gasteiger partial charge in [0.25, 0.3) is 5.91 Å². The number of pyridine rings is 1. The molecule has 210 valence electrons. The number of amides is 2. The molecule has 2 fully saturated rings. The summed E-state index contributed by atoms with van der Waals surface area (Å²) in [5.41, 5.74) is 2.54. The molecule has 4 aromatic rings. The average Bonchev–Trinajstić information content (AvgIpc) is 3.43. The molecule has 2 aliphatic heterocycles. The fourth-order valence-corrected chi connectivity index (χ4v) is 5.94. The van der Waals surface area contributed by atoms with E-state index in [-0.39, 0.29) is 23.2 Å². The summed E-state index contributed by atoms with van der Waals surface area (Å²) in [5, 5.41) is 8.29. The summed E-state index contributed by atoms with van der Waals surface area (Å²) >= 11 is 0. The van der Waals surface area contributed by atoms with Crippen LogP contribution in [0.4, 0.5) is 20.6 Å². The van der Waals surface area contributed by atoms with Gasteiger partial charge in [-0.15, -0.1) is 0 Å². The molecular weight excluding hydrogens is 513 g/mol. The van der Waals surface area contributed by atoms with Crippen molar-refractivity contribution in [2.24, 2.45) is 7.05 Å². The van der Waals surface area contributed by atoms with Gasteiger partial charge in [-0.2, -0.15) is 5.10 Å². The fraction of sp³-hybridized carbons (Fsp3) is 0.448. The lowest BCUT2D eigenvalue weighted by Gasteiger charge is -2.56. The van der Waals surface area contributed by atoms with E-state index in [1.54, 1.807) is 34.5 Å². The highest BCUT2D eigenvalue weighted by molar-refractivity contribution is 6.13. The van der Waals surface area contributed by atoms with E-state index in [2.05, 4.69) is 20.3 Å². The van der Waals surface area contributed by atoms with Crippen molar-refractivity contribution in [3.8, 4) is 0 Å². The Kier molecular flexibility index (Phi) is 6.01. The van der Waals surface area contributed by atoms with Gasteiger partial charge in [0.05, 0.1) is 22.5 Å². The molecule has 2 saturated heterocycles. The molecular formula is C29H34FN7O3. The maximum atomic E-state index is 14.6. The van der Waals surface area contributed by atoms with E-state index in [1.807, 2.05) is 45.0 Å². The smallest absolute Gasteiger partial charge is 0.410 e. The van der Waals surface area contributed by atoms with Gasteiger partial charge in [-0.05, 0) is 59.1 Å². The number of hydrogen-bond acceptors (Lipinski definition) is 6. The average molecular weight is 548 g/mol. The molecule has 10 nitrogen and oxygen atoms in total. The number of anilines is 2. The molecule has 1 N–H and O–H groups in total. The molecule has 6 rings (SSSR count). The predicted octanol–water partition coefficient (Wildman–Crippen LogP) is 4.90. The predicted molar refractivity (Wildman–Crippen MR) is 150 cm³/mol. The first-order chi connectivity index (χ1) is 18.9. The summed E-state index contributed by atoms with van der Waals surface area (Å²) in [6.45, 7) is 9.73. The summed E-state index contributed by atoms with van der Waals surface area (Å²) in [6, 6.07) is 5.00. The van der Waals surface area contributed by atoms with Crippen LogP contribution in [-0.2, 0) is 11.8 Å². The minimum Gasteiger partial charge on any atom is -0.444 e. The molecule has 11 heteroatoms. The number of imidazole rings is 1. The molecule has 0 saturated carbocycles. The highest BCUT2D eigenvalue weighted by Gasteiger charge is 2.50. The number of piperidine rings is 1. The summed E-state index contributed by atoms with van der Waals surface area (Å²) in [5.74, 6) is -0.880. The maximum Gasteiger partial charge on any atom is 0.410 e. The molecule has 40 heavy (non-hydrogen) atoms. The van der Waals surface area contributed by atoms with Gasteiger partial charge in [-0.3, -0.25) is 9.48 Å². The van der Waals surface area contributed by atoms with Crippen LogP contribution in [0.5, 0.6) is 0 Å². The second kappa shape index (κ2) is 9.21. The van der Waals surface area contributed by atoms with Crippen molar-refractivity contribution in [2.45, 2.75) is 58.1 Å². The number of nitrogens with one attached hydrogen (secondary N) is 1. The molecule has 0 bridgehead atoms. The van der Waals surface area contributed by atoms with E-state index in [0.717, 1.165) is 50.0 Å². The topological polar surface area (TPSA) is 97.0 Å². The van der Waals surface area contributed by atoms with Gasteiger partial charge in [0.2, 0.25) is 0 Å². The van der Waals surface area contributed by atoms with Crippen LogP contribution >= 0.6 is 0 Å². The third kappa shape index (κ3) is 4.52. The number of carbonyl (C=O) groups excluding carboxylic acids is 2. The quantitative estimate of drug-likeness (QED) is 0.392. The van der Waals surface area contributed by atoms with E-state index < -0.39 is 11.4 Å². The van der Waals surface area contributed by atoms with Crippen LogP contribution in [-0.4, -0.2) is 66.8 Å². The van der Waals surface area contributed by atoms with E-state index in [1.165, 1.54) is 6.07 Å². The summed E-state index contributed by atoms with van der Waals surface area (Å²) in [6.07, 6.45) is 7.70. The van der Waals surface area contributed by atoms with Crippen molar-refractivity contribution in [3.05, 3.63) is 53.9 Å². The van der Waals surface area contributed by atoms with Gasteiger partial charge < -0.3 is 24.3 Å². The van der Waals surface area contributed by atoms with Gasteiger partial charge in [0.1, 0.15) is 11.1 Å². The monoisotopic (exact) mass is 547 g/mol. The lowest BCUT2D eigenvalue weighted by atomic mass is 9.76. The normalized spacial score (nSPS) is 16.9. The number of benzene rings is 1. The largest absolute Gasteiger partial charge is 0.444 e. The minimum absolute atomic E-state index is 0.156. The number of halogens is 1. The van der Waals surface area contributed by atoms with Gasteiger partial charge >= 0.3 is 6.09 Å². The van der Waals surface area contributed by atoms with Crippen molar-refractivity contribution in [3.63, 3.8) is 0 Å². The van der Waals surface area contributed by atoms with Gasteiger partial charge in [0.15, 0.2) is 11.5 Å². The number of hydrogen-bond donors (Lipinski definition) is 1. The lowest BCUT2D eigenvalue weighted by Crippen LogP contribution is -2.66. The van der Waals surface area contributed by atoms with Crippen LogP contribution in [0.25, 0.3) is 16.6 Å². The van der Waals surface area contributed by atoms with Crippen LogP contribution in [0.1, 0.15) is 56.1 Å². The molecule has 0 unspecified atom stereocenters. The highest BCUT2D eigenvalue weighted by atomic mass is 19.1. The summed E-state index contributed by atoms with van der Waals surface area (Å²) in [4.78, 5) is 34.5. The number of nitrogens with zero attached hydrogens (tertiary/aromatic N) is 6. The minimum atomic E-state index is -0.520. The number of likely N-dealkylation sites (tertiary alicyclic amines) is 1. The Morgan fingerprint density at radius 1 is 1.07 bits per heavy atom. The molecule has 1 spiro atoms. The number of rotatable bonds is 3. The Morgan fingerprint density at radius 2 is 1.80 bits per heavy atom. The van der Waals surface area contributed by atoms with E-state index in [0.29, 0.717) is 22.5 Å². The number of aromatic nitrogens is 4. The van der Waals surface area contributed by atoms with Crippen LogP contribution in [0.2, 0.25) is 0 Å². The molecule has 0 atom stereocenters. The SMILES string of the molecule is Cc1cn2cc(NC(=O)c3ccc(N4CCC5(CC4)CCN5C(=O)OC(C)(C)C)c4cn(C)nc34)cc(F)c2n1. The third-order valence-corrected chi connectivity index (χ3v) is 7.92. The van der Waals surface area contributed by atoms with Crippen molar-refractivity contribution >= 4 is 39.9 Å². The molecule has 0 aliphatic carbocycles. The zero-order valence-corrected chi connectivity index (χ0v) is 23.5. The van der Waals surface area contributed by atoms with Gasteiger partial charge in [0, 0.05) is 62.4 Å². The maximum absolute atomic E-state index is 14.6. The van der Waals surface area contributed by atoms with Crippen molar-refractivity contribution in [1.29, 1.82) is 0 Å². The number of carbonyl (C=O) groups is 2. The van der Waals surface area contributed by atoms with Crippen LogP contribution in [0.15, 0.2) is 36.8 Å². The summed E-state index contributed by atoms with van der Waals surface area (Å²) < 4.78 is 23.5. The number of ether oxygens (including phenoxy) is 1. The van der Waals surface area contributed by atoms with Crippen molar-refractivity contribution in [1.82, 2.24) is 24.1 Å².